The maximum Gasteiger partial charge on any atom is 0.248 e. The molecule has 0 spiro atoms. The van der Waals surface area contributed by atoms with Crippen molar-refractivity contribution in [2.75, 3.05) is 13.1 Å². The molecule has 22 heavy (non-hydrogen) atoms. The molecule has 1 saturated heterocycles. The zero-order valence-electron chi connectivity index (χ0n) is 12.4. The molecule has 0 aliphatic carbocycles. The first kappa shape index (κ1) is 18.9. The highest BCUT2D eigenvalue weighted by Gasteiger charge is 2.31. The van der Waals surface area contributed by atoms with Crippen LogP contribution in [-0.4, -0.2) is 37.8 Å². The number of rotatable bonds is 4. The van der Waals surface area contributed by atoms with Crippen molar-refractivity contribution in [2.24, 2.45) is 17.4 Å². The maximum atomic E-state index is 12.6. The maximum absolute atomic E-state index is 12.6. The number of hydrogen-bond acceptors (Lipinski definition) is 4. The molecular weight excluding hydrogens is 326 g/mol. The number of piperidine rings is 1. The van der Waals surface area contributed by atoms with E-state index < -0.39 is 15.9 Å². The van der Waals surface area contributed by atoms with Gasteiger partial charge in [-0.05, 0) is 49.9 Å². The normalized spacial score (nSPS) is 20.9. The molecule has 0 saturated carbocycles. The molecular formula is C14H22ClN3O3S. The van der Waals surface area contributed by atoms with Gasteiger partial charge in [0.1, 0.15) is 0 Å². The lowest BCUT2D eigenvalue weighted by Gasteiger charge is -2.33. The van der Waals surface area contributed by atoms with Gasteiger partial charge in [0.2, 0.25) is 15.9 Å². The van der Waals surface area contributed by atoms with Crippen molar-refractivity contribution in [3.63, 3.8) is 0 Å². The molecule has 1 aromatic carbocycles. The number of hydrogen-bond donors (Lipinski definition) is 2. The lowest BCUT2D eigenvalue weighted by atomic mass is 9.93. The Bertz CT molecular complexity index is 617. The molecule has 2 atom stereocenters. The number of nitrogens with zero attached hydrogens (tertiary/aromatic N) is 1. The minimum absolute atomic E-state index is 0. The number of nitrogens with two attached hydrogens (primary N) is 2. The zero-order chi connectivity index (χ0) is 15.6. The van der Waals surface area contributed by atoms with Crippen molar-refractivity contribution >= 4 is 28.3 Å². The second-order valence-electron chi connectivity index (χ2n) is 5.51. The number of benzene rings is 1. The van der Waals surface area contributed by atoms with Gasteiger partial charge in [0.05, 0.1) is 4.90 Å². The van der Waals surface area contributed by atoms with E-state index in [1.54, 1.807) is 0 Å². The molecule has 0 aromatic heterocycles. The fraction of sp³-hybridized carbons (Fsp3) is 0.500. The Morgan fingerprint density at radius 1 is 1.32 bits per heavy atom. The summed E-state index contributed by atoms with van der Waals surface area (Å²) >= 11 is 0. The van der Waals surface area contributed by atoms with Crippen LogP contribution in [0.25, 0.3) is 0 Å². The van der Waals surface area contributed by atoms with Crippen molar-refractivity contribution in [3.05, 3.63) is 29.8 Å². The lowest BCUT2D eigenvalue weighted by Crippen LogP contribution is -2.44. The highest BCUT2D eigenvalue weighted by Crippen LogP contribution is 2.25. The molecule has 2 unspecified atom stereocenters. The number of halogens is 1. The summed E-state index contributed by atoms with van der Waals surface area (Å²) < 4.78 is 26.7. The van der Waals surface area contributed by atoms with E-state index in [2.05, 4.69) is 0 Å². The standard InChI is InChI=1S/C14H21N3O3S.ClH/c1-10(15)12-3-2-8-17(9-12)21(19,20)13-6-4-11(5-7-13)14(16)18;/h4-7,10,12H,2-3,8-9,15H2,1H3,(H2,16,18);1H. The fourth-order valence-corrected chi connectivity index (χ4v) is 4.10. The third-order valence-electron chi connectivity index (χ3n) is 3.94. The predicted molar refractivity (Wildman–Crippen MR) is 87.3 cm³/mol. The van der Waals surface area contributed by atoms with Crippen molar-refractivity contribution in [1.82, 2.24) is 4.31 Å². The zero-order valence-corrected chi connectivity index (χ0v) is 14.1. The van der Waals surface area contributed by atoms with Gasteiger partial charge in [-0.1, -0.05) is 0 Å². The highest BCUT2D eigenvalue weighted by molar-refractivity contribution is 7.89. The van der Waals surface area contributed by atoms with Gasteiger partial charge in [-0.25, -0.2) is 8.42 Å². The molecule has 1 heterocycles. The predicted octanol–water partition coefficient (Wildman–Crippen LogP) is 0.955. The molecule has 4 N–H and O–H groups in total. The Kier molecular flexibility index (Phi) is 6.37. The van der Waals surface area contributed by atoms with Crippen molar-refractivity contribution < 1.29 is 13.2 Å². The van der Waals surface area contributed by atoms with Gasteiger partial charge < -0.3 is 11.5 Å². The lowest BCUT2D eigenvalue weighted by molar-refractivity contribution is 0.1000. The summed E-state index contributed by atoms with van der Waals surface area (Å²) in [5.41, 5.74) is 11.3. The number of primary amides is 1. The molecule has 1 aliphatic heterocycles. The van der Waals surface area contributed by atoms with Crippen LogP contribution < -0.4 is 11.5 Å². The largest absolute Gasteiger partial charge is 0.366 e. The van der Waals surface area contributed by atoms with Gasteiger partial charge in [0, 0.05) is 24.7 Å². The molecule has 0 bridgehead atoms. The average Bonchev–Trinajstić information content (AvgIpc) is 2.47. The van der Waals surface area contributed by atoms with E-state index in [0.717, 1.165) is 12.8 Å². The topological polar surface area (TPSA) is 106 Å². The molecule has 1 fully saturated rings. The van der Waals surface area contributed by atoms with Gasteiger partial charge >= 0.3 is 0 Å². The molecule has 124 valence electrons. The van der Waals surface area contributed by atoms with E-state index in [4.69, 9.17) is 11.5 Å². The second-order valence-corrected chi connectivity index (χ2v) is 7.45. The Morgan fingerprint density at radius 2 is 1.91 bits per heavy atom. The molecule has 6 nitrogen and oxygen atoms in total. The van der Waals surface area contributed by atoms with Crippen LogP contribution in [-0.2, 0) is 10.0 Å². The second kappa shape index (κ2) is 7.41. The number of amides is 1. The molecule has 8 heteroatoms. The first-order valence-electron chi connectivity index (χ1n) is 6.98. The van der Waals surface area contributed by atoms with Crippen LogP contribution in [0.3, 0.4) is 0 Å². The summed E-state index contributed by atoms with van der Waals surface area (Å²) in [7, 11) is -3.55. The van der Waals surface area contributed by atoms with Crippen LogP contribution in [0.5, 0.6) is 0 Å². The fourth-order valence-electron chi connectivity index (χ4n) is 2.56. The first-order chi connectivity index (χ1) is 9.82. The molecule has 0 radical (unpaired) electrons. The molecule has 1 aliphatic rings. The monoisotopic (exact) mass is 347 g/mol. The van der Waals surface area contributed by atoms with Crippen LogP contribution in [0.2, 0.25) is 0 Å². The third kappa shape index (κ3) is 3.98. The number of sulfonamides is 1. The Hall–Kier alpha value is -1.15. The van der Waals surface area contributed by atoms with Crippen molar-refractivity contribution in [2.45, 2.75) is 30.7 Å². The van der Waals surface area contributed by atoms with Crippen LogP contribution >= 0.6 is 12.4 Å². The smallest absolute Gasteiger partial charge is 0.248 e. The summed E-state index contributed by atoms with van der Waals surface area (Å²) in [5.74, 6) is -0.396. The average molecular weight is 348 g/mol. The third-order valence-corrected chi connectivity index (χ3v) is 5.82. The van der Waals surface area contributed by atoms with E-state index in [1.807, 2.05) is 6.92 Å². The van der Waals surface area contributed by atoms with Crippen molar-refractivity contribution in [3.8, 4) is 0 Å². The number of carbonyl (C=O) groups is 1. The van der Waals surface area contributed by atoms with E-state index in [0.29, 0.717) is 18.7 Å². The van der Waals surface area contributed by atoms with E-state index in [1.165, 1.54) is 28.6 Å². The van der Waals surface area contributed by atoms with E-state index >= 15 is 0 Å². The van der Waals surface area contributed by atoms with Crippen LogP contribution in [0.4, 0.5) is 0 Å². The molecule has 2 rings (SSSR count). The minimum atomic E-state index is -3.55. The SMILES string of the molecule is CC(N)C1CCCN(S(=O)(=O)c2ccc(C(N)=O)cc2)C1.Cl. The van der Waals surface area contributed by atoms with Crippen LogP contribution in [0.15, 0.2) is 29.2 Å². The van der Waals surface area contributed by atoms with Crippen LogP contribution in [0.1, 0.15) is 30.1 Å². The minimum Gasteiger partial charge on any atom is -0.366 e. The van der Waals surface area contributed by atoms with Crippen molar-refractivity contribution in [1.29, 1.82) is 0 Å². The van der Waals surface area contributed by atoms with E-state index in [-0.39, 0.29) is 29.3 Å². The quantitative estimate of drug-likeness (QED) is 0.845. The van der Waals surface area contributed by atoms with Gasteiger partial charge in [-0.15, -0.1) is 12.4 Å². The van der Waals surface area contributed by atoms with Gasteiger partial charge in [0.15, 0.2) is 0 Å². The molecule has 1 aromatic rings. The highest BCUT2D eigenvalue weighted by atomic mass is 35.5. The summed E-state index contributed by atoms with van der Waals surface area (Å²) in [6.45, 7) is 2.85. The van der Waals surface area contributed by atoms with E-state index in [9.17, 15) is 13.2 Å². The Balaban J connectivity index is 0.00000242. The molecule has 1 amide bonds. The summed E-state index contributed by atoms with van der Waals surface area (Å²) in [6, 6.07) is 5.68. The first-order valence-corrected chi connectivity index (χ1v) is 8.42. The summed E-state index contributed by atoms with van der Waals surface area (Å²) in [6.07, 6.45) is 1.76. The van der Waals surface area contributed by atoms with Gasteiger partial charge in [-0.2, -0.15) is 4.31 Å². The number of carbonyl (C=O) groups excluding carboxylic acids is 1. The Labute approximate surface area is 137 Å². The summed E-state index contributed by atoms with van der Waals surface area (Å²) in [4.78, 5) is 11.2. The summed E-state index contributed by atoms with van der Waals surface area (Å²) in [5, 5.41) is 0. The van der Waals surface area contributed by atoms with Gasteiger partial charge in [-0.3, -0.25) is 4.79 Å². The van der Waals surface area contributed by atoms with Gasteiger partial charge in [0.25, 0.3) is 0 Å². The van der Waals surface area contributed by atoms with Crippen LogP contribution in [0, 0.1) is 5.92 Å². The Morgan fingerprint density at radius 3 is 2.41 bits per heavy atom.